The summed E-state index contributed by atoms with van der Waals surface area (Å²) >= 11 is 0. The van der Waals surface area contributed by atoms with Gasteiger partial charge in [0.1, 0.15) is 0 Å². The van der Waals surface area contributed by atoms with Crippen LogP contribution in [0.15, 0.2) is 0 Å². The Morgan fingerprint density at radius 2 is 1.74 bits per heavy atom. The minimum Gasteiger partial charge on any atom is -0.378 e. The average molecular weight is 372 g/mol. The largest absolute Gasteiger partial charge is 0.378 e. The zero-order valence-corrected chi connectivity index (χ0v) is 15.9. The van der Waals surface area contributed by atoms with Crippen molar-refractivity contribution in [2.24, 2.45) is 5.73 Å². The summed E-state index contributed by atoms with van der Waals surface area (Å²) in [4.78, 5) is 13.7. The fourth-order valence-corrected chi connectivity index (χ4v) is 3.53. The van der Waals surface area contributed by atoms with E-state index in [1.807, 2.05) is 20.8 Å². The third kappa shape index (κ3) is 8.30. The van der Waals surface area contributed by atoms with E-state index in [1.54, 1.807) is 4.90 Å². The molecule has 1 unspecified atom stereocenters. The SMILES string of the molecule is CC(N)CCC(=O)N1CCN(S(=O)(=O)CCOC(C)C)CC1.Cl. The summed E-state index contributed by atoms with van der Waals surface area (Å²) < 4.78 is 31.1. The molecule has 2 N–H and O–H groups in total. The number of nitrogens with two attached hydrogens (primary N) is 1. The lowest BCUT2D eigenvalue weighted by atomic mass is 10.2. The maximum atomic E-state index is 12.2. The quantitative estimate of drug-likeness (QED) is 0.668. The van der Waals surface area contributed by atoms with E-state index in [4.69, 9.17) is 10.5 Å². The van der Waals surface area contributed by atoms with Gasteiger partial charge in [-0.15, -0.1) is 12.4 Å². The van der Waals surface area contributed by atoms with Crippen LogP contribution in [0.4, 0.5) is 0 Å². The van der Waals surface area contributed by atoms with Crippen LogP contribution in [0.2, 0.25) is 0 Å². The van der Waals surface area contributed by atoms with Crippen LogP contribution in [0.3, 0.4) is 0 Å². The van der Waals surface area contributed by atoms with Crippen LogP contribution in [0.25, 0.3) is 0 Å². The number of hydrogen-bond donors (Lipinski definition) is 1. The molecule has 0 radical (unpaired) electrons. The molecule has 7 nitrogen and oxygen atoms in total. The van der Waals surface area contributed by atoms with Gasteiger partial charge in [0.15, 0.2) is 0 Å². The first-order chi connectivity index (χ1) is 10.2. The number of piperazine rings is 1. The van der Waals surface area contributed by atoms with Gasteiger partial charge in [-0.1, -0.05) is 0 Å². The molecule has 0 aliphatic carbocycles. The van der Waals surface area contributed by atoms with Crippen molar-refractivity contribution >= 4 is 28.3 Å². The molecule has 1 heterocycles. The van der Waals surface area contributed by atoms with Crippen molar-refractivity contribution in [3.63, 3.8) is 0 Å². The van der Waals surface area contributed by atoms with E-state index in [2.05, 4.69) is 0 Å². The molecule has 0 aromatic heterocycles. The molecule has 0 aromatic rings. The van der Waals surface area contributed by atoms with Crippen molar-refractivity contribution in [2.45, 2.75) is 45.8 Å². The van der Waals surface area contributed by atoms with Gasteiger partial charge < -0.3 is 15.4 Å². The zero-order valence-electron chi connectivity index (χ0n) is 14.2. The van der Waals surface area contributed by atoms with Crippen molar-refractivity contribution in [1.29, 1.82) is 0 Å². The van der Waals surface area contributed by atoms with Crippen LogP contribution in [0, 0.1) is 0 Å². The molecular weight excluding hydrogens is 342 g/mol. The number of sulfonamides is 1. The van der Waals surface area contributed by atoms with Gasteiger partial charge in [-0.3, -0.25) is 4.79 Å². The van der Waals surface area contributed by atoms with Gasteiger partial charge in [-0.05, 0) is 27.2 Å². The van der Waals surface area contributed by atoms with E-state index in [-0.39, 0.29) is 42.8 Å². The average Bonchev–Trinajstić information content (AvgIpc) is 2.44. The Hall–Kier alpha value is -0.410. The number of amides is 1. The molecule has 1 amide bonds. The molecule has 1 saturated heterocycles. The van der Waals surface area contributed by atoms with E-state index in [0.29, 0.717) is 39.0 Å². The van der Waals surface area contributed by atoms with Crippen LogP contribution in [-0.4, -0.2) is 74.2 Å². The molecule has 0 bridgehead atoms. The van der Waals surface area contributed by atoms with Crippen LogP contribution in [-0.2, 0) is 19.6 Å². The van der Waals surface area contributed by atoms with Crippen LogP contribution >= 0.6 is 12.4 Å². The minimum absolute atomic E-state index is 0. The first-order valence-corrected chi connectivity index (χ1v) is 9.46. The zero-order chi connectivity index (χ0) is 16.8. The second kappa shape index (κ2) is 10.5. The lowest BCUT2D eigenvalue weighted by Crippen LogP contribution is -2.51. The Morgan fingerprint density at radius 1 is 1.17 bits per heavy atom. The van der Waals surface area contributed by atoms with Crippen molar-refractivity contribution in [1.82, 2.24) is 9.21 Å². The summed E-state index contributed by atoms with van der Waals surface area (Å²) in [6.45, 7) is 7.43. The first kappa shape index (κ1) is 22.6. The molecule has 0 aromatic carbocycles. The minimum atomic E-state index is -3.30. The number of halogens is 1. The van der Waals surface area contributed by atoms with Gasteiger partial charge in [-0.25, -0.2) is 8.42 Å². The van der Waals surface area contributed by atoms with Crippen LogP contribution in [0.1, 0.15) is 33.6 Å². The molecule has 138 valence electrons. The summed E-state index contributed by atoms with van der Waals surface area (Å²) in [5.74, 6) is 0.0431. The van der Waals surface area contributed by atoms with Crippen LogP contribution in [0.5, 0.6) is 0 Å². The van der Waals surface area contributed by atoms with Gasteiger partial charge in [0.2, 0.25) is 15.9 Å². The Morgan fingerprint density at radius 3 is 2.22 bits per heavy atom. The monoisotopic (exact) mass is 371 g/mol. The highest BCUT2D eigenvalue weighted by molar-refractivity contribution is 7.89. The van der Waals surface area contributed by atoms with E-state index in [1.165, 1.54) is 4.31 Å². The summed E-state index contributed by atoms with van der Waals surface area (Å²) in [5, 5.41) is 0. The van der Waals surface area contributed by atoms with E-state index in [0.717, 1.165) is 0 Å². The molecule has 9 heteroatoms. The predicted octanol–water partition coefficient (Wildman–Crippen LogP) is 0.435. The predicted molar refractivity (Wildman–Crippen MR) is 93.2 cm³/mol. The van der Waals surface area contributed by atoms with Gasteiger partial charge in [-0.2, -0.15) is 4.31 Å². The molecule has 0 saturated carbocycles. The summed E-state index contributed by atoms with van der Waals surface area (Å²) in [6, 6.07) is 0.00609. The second-order valence-electron chi connectivity index (χ2n) is 6.03. The third-order valence-corrected chi connectivity index (χ3v) is 5.43. The lowest BCUT2D eigenvalue weighted by molar-refractivity contribution is -0.132. The topological polar surface area (TPSA) is 92.9 Å². The van der Waals surface area contributed by atoms with Crippen molar-refractivity contribution in [3.8, 4) is 0 Å². The summed E-state index contributed by atoms with van der Waals surface area (Å²) in [5.41, 5.74) is 5.65. The fourth-order valence-electron chi connectivity index (χ4n) is 2.24. The van der Waals surface area contributed by atoms with Crippen molar-refractivity contribution in [2.75, 3.05) is 38.5 Å². The second-order valence-corrected chi connectivity index (χ2v) is 8.12. The van der Waals surface area contributed by atoms with Gasteiger partial charge in [0.25, 0.3) is 0 Å². The maximum absolute atomic E-state index is 12.2. The molecule has 1 rings (SSSR count). The number of hydrogen-bond acceptors (Lipinski definition) is 5. The summed E-state index contributed by atoms with van der Waals surface area (Å²) in [7, 11) is -3.30. The smallest absolute Gasteiger partial charge is 0.222 e. The molecule has 23 heavy (non-hydrogen) atoms. The molecule has 1 aliphatic rings. The van der Waals surface area contributed by atoms with Crippen molar-refractivity contribution < 1.29 is 17.9 Å². The maximum Gasteiger partial charge on any atom is 0.222 e. The van der Waals surface area contributed by atoms with Gasteiger partial charge >= 0.3 is 0 Å². The summed E-state index contributed by atoms with van der Waals surface area (Å²) in [6.07, 6.45) is 1.10. The van der Waals surface area contributed by atoms with Crippen molar-refractivity contribution in [3.05, 3.63) is 0 Å². The fraction of sp³-hybridized carbons (Fsp3) is 0.929. The van der Waals surface area contributed by atoms with Gasteiger partial charge in [0, 0.05) is 38.6 Å². The Bertz CT molecular complexity index is 449. The number of carbonyl (C=O) groups is 1. The highest BCUT2D eigenvalue weighted by Crippen LogP contribution is 2.10. The van der Waals surface area contributed by atoms with Gasteiger partial charge in [0.05, 0.1) is 18.5 Å². The van der Waals surface area contributed by atoms with Crippen LogP contribution < -0.4 is 5.73 Å². The number of carbonyl (C=O) groups excluding carboxylic acids is 1. The van der Waals surface area contributed by atoms with E-state index >= 15 is 0 Å². The van der Waals surface area contributed by atoms with E-state index in [9.17, 15) is 13.2 Å². The third-order valence-electron chi connectivity index (χ3n) is 3.59. The molecule has 1 aliphatic heterocycles. The molecule has 1 atom stereocenters. The lowest BCUT2D eigenvalue weighted by Gasteiger charge is -2.34. The molecular formula is C14H30ClN3O4S. The number of ether oxygens (including phenoxy) is 1. The molecule has 1 fully saturated rings. The Kier molecular flexibility index (Phi) is 10.3. The molecule has 0 spiro atoms. The highest BCUT2D eigenvalue weighted by Gasteiger charge is 2.28. The number of rotatable bonds is 8. The first-order valence-electron chi connectivity index (χ1n) is 7.85. The van der Waals surface area contributed by atoms with E-state index < -0.39 is 10.0 Å². The highest BCUT2D eigenvalue weighted by atomic mass is 35.5. The standard InChI is InChI=1S/C14H29N3O4S.ClH/c1-12(2)21-10-11-22(19,20)17-8-6-16(7-9-17)14(18)5-4-13(3)15;/h12-13H,4-11,15H2,1-3H3;1H. The number of nitrogens with zero attached hydrogens (tertiary/aromatic N) is 2. The normalized spacial score (nSPS) is 17.9. The Labute approximate surface area is 146 Å². The Balaban J connectivity index is 0.00000484.